The van der Waals surface area contributed by atoms with Gasteiger partial charge in [-0.15, -0.1) is 0 Å². The second kappa shape index (κ2) is 5.36. The lowest BCUT2D eigenvalue weighted by atomic mass is 9.96. The second-order valence-electron chi connectivity index (χ2n) is 4.87. The van der Waals surface area contributed by atoms with Crippen molar-refractivity contribution in [3.05, 3.63) is 52.8 Å². The Hall–Kier alpha value is -1.61. The molecule has 0 spiro atoms. The van der Waals surface area contributed by atoms with Crippen LogP contribution in [-0.2, 0) is 13.0 Å². The minimum absolute atomic E-state index is 0.0411. The zero-order valence-corrected chi connectivity index (χ0v) is 11.4. The molecule has 0 saturated heterocycles. The molecule has 1 heterocycles. The van der Waals surface area contributed by atoms with Gasteiger partial charge in [0.15, 0.2) is 0 Å². The van der Waals surface area contributed by atoms with Crippen molar-refractivity contribution >= 4 is 0 Å². The first-order valence-electron chi connectivity index (χ1n) is 6.44. The lowest BCUT2D eigenvalue weighted by Crippen LogP contribution is -2.14. The van der Waals surface area contributed by atoms with Gasteiger partial charge in [-0.2, -0.15) is 5.10 Å². The van der Waals surface area contributed by atoms with E-state index in [1.54, 1.807) is 0 Å². The molecule has 1 aromatic heterocycles. The zero-order valence-electron chi connectivity index (χ0n) is 11.4. The summed E-state index contributed by atoms with van der Waals surface area (Å²) in [5.41, 5.74) is 11.3. The van der Waals surface area contributed by atoms with Crippen LogP contribution in [0, 0.1) is 13.8 Å². The smallest absolute Gasteiger partial charge is 0.0522 e. The topological polar surface area (TPSA) is 43.8 Å². The van der Waals surface area contributed by atoms with Crippen molar-refractivity contribution in [3.63, 3.8) is 0 Å². The Balaban J connectivity index is 2.16. The van der Waals surface area contributed by atoms with Gasteiger partial charge in [0.25, 0.3) is 0 Å². The van der Waals surface area contributed by atoms with Crippen LogP contribution in [0.15, 0.2) is 30.6 Å². The molecule has 18 heavy (non-hydrogen) atoms. The monoisotopic (exact) mass is 243 g/mol. The number of nitrogens with two attached hydrogens (primary N) is 1. The fraction of sp³-hybridized carbons (Fsp3) is 0.400. The summed E-state index contributed by atoms with van der Waals surface area (Å²) in [7, 11) is 0. The summed E-state index contributed by atoms with van der Waals surface area (Å²) in [5.74, 6) is 0. The molecule has 1 aromatic carbocycles. The van der Waals surface area contributed by atoms with Gasteiger partial charge in [-0.05, 0) is 43.9 Å². The quantitative estimate of drug-likeness (QED) is 0.897. The maximum Gasteiger partial charge on any atom is 0.0522 e. The number of nitrogens with zero attached hydrogens (tertiary/aromatic N) is 2. The maximum absolute atomic E-state index is 6.31. The Morgan fingerprint density at radius 2 is 2.11 bits per heavy atom. The Labute approximate surface area is 109 Å². The van der Waals surface area contributed by atoms with E-state index in [1.165, 1.54) is 22.3 Å². The number of benzene rings is 1. The summed E-state index contributed by atoms with van der Waals surface area (Å²) in [6.45, 7) is 7.20. The third-order valence-corrected chi connectivity index (χ3v) is 3.30. The first-order valence-corrected chi connectivity index (χ1v) is 6.44. The molecule has 0 bridgehead atoms. The van der Waals surface area contributed by atoms with Gasteiger partial charge >= 0.3 is 0 Å². The van der Waals surface area contributed by atoms with Gasteiger partial charge in [-0.3, -0.25) is 4.68 Å². The Kier molecular flexibility index (Phi) is 3.82. The van der Waals surface area contributed by atoms with Crippen LogP contribution in [0.4, 0.5) is 0 Å². The molecule has 2 aromatic rings. The highest BCUT2D eigenvalue weighted by molar-refractivity contribution is 5.33. The van der Waals surface area contributed by atoms with Crippen molar-refractivity contribution in [2.75, 3.05) is 0 Å². The van der Waals surface area contributed by atoms with Crippen molar-refractivity contribution in [3.8, 4) is 0 Å². The van der Waals surface area contributed by atoms with E-state index in [9.17, 15) is 0 Å². The molecule has 3 heteroatoms. The molecule has 0 aliphatic heterocycles. The van der Waals surface area contributed by atoms with Crippen molar-refractivity contribution in [1.82, 2.24) is 9.78 Å². The van der Waals surface area contributed by atoms with Crippen LogP contribution in [0.5, 0.6) is 0 Å². The molecule has 1 atom stereocenters. The summed E-state index contributed by atoms with van der Waals surface area (Å²) in [4.78, 5) is 0. The summed E-state index contributed by atoms with van der Waals surface area (Å²) in [5, 5.41) is 4.28. The largest absolute Gasteiger partial charge is 0.324 e. The first-order chi connectivity index (χ1) is 8.60. The van der Waals surface area contributed by atoms with E-state index in [0.29, 0.717) is 0 Å². The maximum atomic E-state index is 6.31. The van der Waals surface area contributed by atoms with Crippen molar-refractivity contribution in [1.29, 1.82) is 0 Å². The lowest BCUT2D eigenvalue weighted by molar-refractivity contribution is 0.657. The van der Waals surface area contributed by atoms with Crippen LogP contribution in [0.1, 0.15) is 35.2 Å². The molecule has 0 amide bonds. The van der Waals surface area contributed by atoms with Gasteiger partial charge in [-0.1, -0.05) is 23.8 Å². The predicted molar refractivity (Wildman–Crippen MR) is 74.4 cm³/mol. The Bertz CT molecular complexity index is 528. The minimum Gasteiger partial charge on any atom is -0.324 e. The van der Waals surface area contributed by atoms with Gasteiger partial charge in [0, 0.05) is 18.8 Å². The number of rotatable bonds is 4. The van der Waals surface area contributed by atoms with E-state index in [0.717, 1.165) is 13.0 Å². The van der Waals surface area contributed by atoms with Crippen LogP contribution in [0.25, 0.3) is 0 Å². The zero-order chi connectivity index (χ0) is 13.1. The molecule has 0 aliphatic carbocycles. The minimum atomic E-state index is 0.0411. The molecular formula is C15H21N3. The molecule has 3 nitrogen and oxygen atoms in total. The van der Waals surface area contributed by atoms with Crippen molar-refractivity contribution in [2.24, 2.45) is 5.73 Å². The number of aryl methyl sites for hydroxylation is 3. The molecule has 1 unspecified atom stereocenters. The highest BCUT2D eigenvalue weighted by atomic mass is 15.3. The molecule has 2 N–H and O–H groups in total. The third kappa shape index (κ3) is 2.79. The number of aromatic nitrogens is 2. The predicted octanol–water partition coefficient (Wildman–Crippen LogP) is 2.76. The normalized spacial score (nSPS) is 12.7. The Morgan fingerprint density at radius 3 is 2.78 bits per heavy atom. The fourth-order valence-electron chi connectivity index (χ4n) is 2.21. The standard InChI is InChI=1S/C15H21N3/c1-4-18-10-13(9-17-18)8-15(16)14-7-11(2)5-6-12(14)3/h5-7,9-10,15H,4,8,16H2,1-3H3. The third-order valence-electron chi connectivity index (χ3n) is 3.30. The molecule has 0 aliphatic rings. The average molecular weight is 243 g/mol. The van der Waals surface area contributed by atoms with Crippen molar-refractivity contribution < 1.29 is 0 Å². The number of hydrogen-bond acceptors (Lipinski definition) is 2. The highest BCUT2D eigenvalue weighted by Crippen LogP contribution is 2.20. The summed E-state index contributed by atoms with van der Waals surface area (Å²) in [6, 6.07) is 6.49. The lowest BCUT2D eigenvalue weighted by Gasteiger charge is -2.14. The fourth-order valence-corrected chi connectivity index (χ4v) is 2.21. The SMILES string of the molecule is CCn1cc(CC(N)c2cc(C)ccc2C)cn1. The van der Waals surface area contributed by atoms with Crippen LogP contribution in [-0.4, -0.2) is 9.78 Å². The molecular weight excluding hydrogens is 222 g/mol. The molecule has 0 saturated carbocycles. The highest BCUT2D eigenvalue weighted by Gasteiger charge is 2.11. The van der Waals surface area contributed by atoms with Gasteiger partial charge in [0.2, 0.25) is 0 Å². The van der Waals surface area contributed by atoms with E-state index in [-0.39, 0.29) is 6.04 Å². The van der Waals surface area contributed by atoms with Crippen LogP contribution >= 0.6 is 0 Å². The Morgan fingerprint density at radius 1 is 1.33 bits per heavy atom. The summed E-state index contributed by atoms with van der Waals surface area (Å²) < 4.78 is 1.94. The molecule has 2 rings (SSSR count). The van der Waals surface area contributed by atoms with Gasteiger partial charge in [0.05, 0.1) is 6.20 Å². The van der Waals surface area contributed by atoms with E-state index >= 15 is 0 Å². The van der Waals surface area contributed by atoms with E-state index in [1.807, 2.05) is 10.9 Å². The van der Waals surface area contributed by atoms with Crippen LogP contribution < -0.4 is 5.73 Å². The van der Waals surface area contributed by atoms with Crippen LogP contribution in [0.2, 0.25) is 0 Å². The van der Waals surface area contributed by atoms with Gasteiger partial charge < -0.3 is 5.73 Å². The van der Waals surface area contributed by atoms with E-state index < -0.39 is 0 Å². The summed E-state index contributed by atoms with van der Waals surface area (Å²) >= 11 is 0. The molecule has 0 fully saturated rings. The average Bonchev–Trinajstić information content (AvgIpc) is 2.80. The van der Waals surface area contributed by atoms with E-state index in [2.05, 4.69) is 50.3 Å². The van der Waals surface area contributed by atoms with Crippen molar-refractivity contribution in [2.45, 2.75) is 39.8 Å². The first kappa shape index (κ1) is 12.8. The number of hydrogen-bond donors (Lipinski definition) is 1. The van der Waals surface area contributed by atoms with Gasteiger partial charge in [-0.25, -0.2) is 0 Å². The van der Waals surface area contributed by atoms with E-state index in [4.69, 9.17) is 5.73 Å². The second-order valence-corrected chi connectivity index (χ2v) is 4.87. The van der Waals surface area contributed by atoms with Gasteiger partial charge in [0.1, 0.15) is 0 Å². The summed E-state index contributed by atoms with van der Waals surface area (Å²) in [6.07, 6.45) is 4.82. The van der Waals surface area contributed by atoms with Crippen LogP contribution in [0.3, 0.4) is 0 Å². The molecule has 0 radical (unpaired) electrons. The molecule has 96 valence electrons.